The number of allylic oxidation sites excluding steroid dienone is 1. The summed E-state index contributed by atoms with van der Waals surface area (Å²) in [6.07, 6.45) is 5.00. The highest BCUT2D eigenvalue weighted by atomic mass is 16.5. The lowest BCUT2D eigenvalue weighted by molar-refractivity contribution is 0.284. The van der Waals surface area contributed by atoms with Crippen molar-refractivity contribution < 1.29 is 9.84 Å². The van der Waals surface area contributed by atoms with Gasteiger partial charge in [0, 0.05) is 6.61 Å². The van der Waals surface area contributed by atoms with Crippen molar-refractivity contribution in [2.45, 2.75) is 33.1 Å². The molecule has 0 unspecified atom stereocenters. The summed E-state index contributed by atoms with van der Waals surface area (Å²) in [7, 11) is 0. The highest BCUT2D eigenvalue weighted by Gasteiger charge is 1.95. The molecule has 0 heterocycles. The van der Waals surface area contributed by atoms with E-state index in [4.69, 9.17) is 9.84 Å². The van der Waals surface area contributed by atoms with Crippen LogP contribution in [0.15, 0.2) is 35.9 Å². The molecule has 0 aromatic heterocycles. The first-order chi connectivity index (χ1) is 8.22. The Bertz CT molecular complexity index is 334. The molecule has 0 radical (unpaired) electrons. The number of hydrogen-bond donors (Lipinski definition) is 1. The van der Waals surface area contributed by atoms with Crippen LogP contribution in [0.1, 0.15) is 32.3 Å². The SMILES string of the molecule is CC(C)=CCOc1ccc(CCCCO)cc1. The van der Waals surface area contributed by atoms with Crippen LogP contribution < -0.4 is 4.74 Å². The zero-order valence-electron chi connectivity index (χ0n) is 10.8. The van der Waals surface area contributed by atoms with Gasteiger partial charge in [-0.25, -0.2) is 0 Å². The molecule has 0 saturated heterocycles. The minimum atomic E-state index is 0.282. The van der Waals surface area contributed by atoms with Crippen LogP contribution in [0.4, 0.5) is 0 Å². The normalized spacial score (nSPS) is 10.1. The lowest BCUT2D eigenvalue weighted by atomic mass is 10.1. The number of aliphatic hydroxyl groups is 1. The fourth-order valence-corrected chi connectivity index (χ4v) is 1.50. The van der Waals surface area contributed by atoms with Crippen LogP contribution in [-0.4, -0.2) is 18.3 Å². The molecule has 0 fully saturated rings. The van der Waals surface area contributed by atoms with Crippen LogP contribution >= 0.6 is 0 Å². The molecule has 1 N–H and O–H groups in total. The molecule has 0 saturated carbocycles. The second kappa shape index (κ2) is 7.91. The largest absolute Gasteiger partial charge is 0.490 e. The van der Waals surface area contributed by atoms with Crippen molar-refractivity contribution >= 4 is 0 Å². The van der Waals surface area contributed by atoms with Gasteiger partial charge in [0.15, 0.2) is 0 Å². The second-order valence-electron chi connectivity index (χ2n) is 4.42. The molecule has 94 valence electrons. The number of ether oxygens (including phenoxy) is 1. The summed E-state index contributed by atoms with van der Waals surface area (Å²) in [5.41, 5.74) is 2.57. The van der Waals surface area contributed by atoms with Crippen molar-refractivity contribution in [3.05, 3.63) is 41.5 Å². The summed E-state index contributed by atoms with van der Waals surface area (Å²) in [4.78, 5) is 0. The molecule has 0 spiro atoms. The lowest BCUT2D eigenvalue weighted by Gasteiger charge is -2.05. The molecule has 2 nitrogen and oxygen atoms in total. The maximum Gasteiger partial charge on any atom is 0.119 e. The zero-order valence-corrected chi connectivity index (χ0v) is 10.8. The first-order valence-electron chi connectivity index (χ1n) is 6.18. The molecule has 17 heavy (non-hydrogen) atoms. The standard InChI is InChI=1S/C15H22O2/c1-13(2)10-12-17-15-8-6-14(7-9-15)5-3-4-11-16/h6-10,16H,3-5,11-12H2,1-2H3. The Morgan fingerprint density at radius 2 is 1.88 bits per heavy atom. The smallest absolute Gasteiger partial charge is 0.119 e. The molecule has 2 heteroatoms. The van der Waals surface area contributed by atoms with E-state index in [0.717, 1.165) is 25.0 Å². The zero-order chi connectivity index (χ0) is 12.5. The van der Waals surface area contributed by atoms with E-state index in [-0.39, 0.29) is 6.61 Å². The molecular weight excluding hydrogens is 212 g/mol. The van der Waals surface area contributed by atoms with Gasteiger partial charge in [-0.15, -0.1) is 0 Å². The number of benzene rings is 1. The Labute approximate surface area is 104 Å². The van der Waals surface area contributed by atoms with Crippen molar-refractivity contribution in [1.29, 1.82) is 0 Å². The summed E-state index contributed by atoms with van der Waals surface area (Å²) in [5.74, 6) is 0.911. The molecule has 0 bridgehead atoms. The van der Waals surface area contributed by atoms with Crippen molar-refractivity contribution in [3.8, 4) is 5.75 Å². The third-order valence-electron chi connectivity index (χ3n) is 2.54. The van der Waals surface area contributed by atoms with Crippen LogP contribution in [0.25, 0.3) is 0 Å². The Balaban J connectivity index is 2.36. The van der Waals surface area contributed by atoms with Crippen LogP contribution in [0.3, 0.4) is 0 Å². The summed E-state index contributed by atoms with van der Waals surface area (Å²) >= 11 is 0. The average Bonchev–Trinajstić information content (AvgIpc) is 2.31. The second-order valence-corrected chi connectivity index (χ2v) is 4.42. The predicted octanol–water partition coefficient (Wildman–Crippen LogP) is 3.35. The molecule has 0 aliphatic carbocycles. The summed E-state index contributed by atoms with van der Waals surface area (Å²) in [6, 6.07) is 8.20. The van der Waals surface area contributed by atoms with Gasteiger partial charge in [-0.3, -0.25) is 0 Å². The van der Waals surface area contributed by atoms with Crippen LogP contribution in [0.2, 0.25) is 0 Å². The number of unbranched alkanes of at least 4 members (excludes halogenated alkanes) is 1. The average molecular weight is 234 g/mol. The predicted molar refractivity (Wildman–Crippen MR) is 71.4 cm³/mol. The molecule has 1 aromatic rings. The Morgan fingerprint density at radius 1 is 1.18 bits per heavy atom. The van der Waals surface area contributed by atoms with E-state index in [1.807, 2.05) is 12.1 Å². The number of hydrogen-bond acceptors (Lipinski definition) is 2. The monoisotopic (exact) mass is 234 g/mol. The number of aliphatic hydroxyl groups excluding tert-OH is 1. The fraction of sp³-hybridized carbons (Fsp3) is 0.467. The summed E-state index contributed by atoms with van der Waals surface area (Å²) < 4.78 is 5.58. The third kappa shape index (κ3) is 6.12. The van der Waals surface area contributed by atoms with Gasteiger partial charge in [0.05, 0.1) is 0 Å². The molecule has 0 amide bonds. The molecule has 0 atom stereocenters. The molecule has 1 rings (SSSR count). The number of rotatable bonds is 7. The van der Waals surface area contributed by atoms with Crippen molar-refractivity contribution in [2.24, 2.45) is 0 Å². The van der Waals surface area contributed by atoms with E-state index in [0.29, 0.717) is 6.61 Å². The molecule has 1 aromatic carbocycles. The van der Waals surface area contributed by atoms with Crippen LogP contribution in [-0.2, 0) is 6.42 Å². The molecule has 0 aliphatic rings. The molecule has 0 aliphatic heterocycles. The number of aryl methyl sites for hydroxylation is 1. The Kier molecular flexibility index (Phi) is 6.41. The van der Waals surface area contributed by atoms with Gasteiger partial charge in [0.1, 0.15) is 12.4 Å². The Morgan fingerprint density at radius 3 is 2.47 bits per heavy atom. The van der Waals surface area contributed by atoms with Gasteiger partial charge in [-0.05, 0) is 56.9 Å². The van der Waals surface area contributed by atoms with Gasteiger partial charge in [-0.1, -0.05) is 17.7 Å². The van der Waals surface area contributed by atoms with Crippen LogP contribution in [0.5, 0.6) is 5.75 Å². The van der Waals surface area contributed by atoms with E-state index < -0.39 is 0 Å². The maximum atomic E-state index is 8.70. The first kappa shape index (κ1) is 13.8. The van der Waals surface area contributed by atoms with E-state index in [2.05, 4.69) is 32.1 Å². The Hall–Kier alpha value is -1.28. The summed E-state index contributed by atoms with van der Waals surface area (Å²) in [6.45, 7) is 5.04. The van der Waals surface area contributed by atoms with Gasteiger partial charge in [-0.2, -0.15) is 0 Å². The topological polar surface area (TPSA) is 29.5 Å². The van der Waals surface area contributed by atoms with Gasteiger partial charge in [0.25, 0.3) is 0 Å². The molecular formula is C15H22O2. The van der Waals surface area contributed by atoms with E-state index >= 15 is 0 Å². The van der Waals surface area contributed by atoms with Crippen molar-refractivity contribution in [1.82, 2.24) is 0 Å². The fourth-order valence-electron chi connectivity index (χ4n) is 1.50. The van der Waals surface area contributed by atoms with Gasteiger partial charge in [0.2, 0.25) is 0 Å². The van der Waals surface area contributed by atoms with Gasteiger partial charge >= 0.3 is 0 Å². The lowest BCUT2D eigenvalue weighted by Crippen LogP contribution is -1.94. The third-order valence-corrected chi connectivity index (χ3v) is 2.54. The minimum absolute atomic E-state index is 0.282. The summed E-state index contributed by atoms with van der Waals surface area (Å²) in [5, 5.41) is 8.70. The van der Waals surface area contributed by atoms with Crippen LogP contribution in [0, 0.1) is 0 Å². The van der Waals surface area contributed by atoms with Crippen molar-refractivity contribution in [2.75, 3.05) is 13.2 Å². The van der Waals surface area contributed by atoms with E-state index in [1.165, 1.54) is 11.1 Å². The highest BCUT2D eigenvalue weighted by Crippen LogP contribution is 2.14. The highest BCUT2D eigenvalue weighted by molar-refractivity contribution is 5.27. The van der Waals surface area contributed by atoms with Crippen molar-refractivity contribution in [3.63, 3.8) is 0 Å². The minimum Gasteiger partial charge on any atom is -0.490 e. The van der Waals surface area contributed by atoms with Gasteiger partial charge < -0.3 is 9.84 Å². The quantitative estimate of drug-likeness (QED) is 0.579. The van der Waals surface area contributed by atoms with E-state index in [9.17, 15) is 0 Å². The first-order valence-corrected chi connectivity index (χ1v) is 6.18. The maximum absolute atomic E-state index is 8.70. The van der Waals surface area contributed by atoms with E-state index in [1.54, 1.807) is 0 Å².